The highest BCUT2D eigenvalue weighted by Crippen LogP contribution is 2.15. The average molecular weight is 256 g/mol. The third-order valence-corrected chi connectivity index (χ3v) is 2.95. The van der Waals surface area contributed by atoms with Gasteiger partial charge in [-0.25, -0.2) is 0 Å². The average Bonchev–Trinajstić information content (AvgIpc) is 2.39. The molecule has 0 spiro atoms. The number of nitrogens with zero attached hydrogens (tertiary/aromatic N) is 1. The monoisotopic (exact) mass is 256 g/mol. The zero-order valence-electron chi connectivity index (χ0n) is 10.8. The van der Waals surface area contributed by atoms with E-state index in [0.29, 0.717) is 6.54 Å². The summed E-state index contributed by atoms with van der Waals surface area (Å²) >= 11 is 0. The van der Waals surface area contributed by atoms with Crippen LogP contribution in [-0.4, -0.2) is 16.1 Å². The van der Waals surface area contributed by atoms with Crippen molar-refractivity contribution >= 4 is 11.7 Å². The fourth-order valence-electron chi connectivity index (χ4n) is 1.93. The van der Waals surface area contributed by atoms with Gasteiger partial charge in [-0.3, -0.25) is 9.78 Å². The fraction of sp³-hybridized carbons (Fsp3) is 0.200. The summed E-state index contributed by atoms with van der Waals surface area (Å²) in [5.41, 5.74) is 3.92. The molecule has 4 nitrogen and oxygen atoms in total. The van der Waals surface area contributed by atoms with Crippen LogP contribution in [0.25, 0.3) is 0 Å². The van der Waals surface area contributed by atoms with E-state index in [1.54, 1.807) is 12.4 Å². The van der Waals surface area contributed by atoms with Gasteiger partial charge in [-0.15, -0.1) is 0 Å². The molecule has 1 aromatic carbocycles. The number of carboxylic acid groups (broad SMARTS) is 1. The van der Waals surface area contributed by atoms with Gasteiger partial charge in [-0.2, -0.15) is 0 Å². The zero-order chi connectivity index (χ0) is 13.7. The summed E-state index contributed by atoms with van der Waals surface area (Å²) in [5.74, 6) is -0.812. The lowest BCUT2D eigenvalue weighted by molar-refractivity contribution is -0.136. The SMILES string of the molecule is Cc1cnccc1NCc1ccccc1CC(=O)O. The second kappa shape index (κ2) is 6.00. The van der Waals surface area contributed by atoms with E-state index in [4.69, 9.17) is 5.11 Å². The molecule has 0 fully saturated rings. The summed E-state index contributed by atoms with van der Waals surface area (Å²) in [5, 5.41) is 12.2. The summed E-state index contributed by atoms with van der Waals surface area (Å²) in [6, 6.07) is 9.49. The van der Waals surface area contributed by atoms with Crippen molar-refractivity contribution in [3.05, 3.63) is 59.4 Å². The van der Waals surface area contributed by atoms with E-state index in [0.717, 1.165) is 22.4 Å². The van der Waals surface area contributed by atoms with Gasteiger partial charge in [0.2, 0.25) is 0 Å². The highest BCUT2D eigenvalue weighted by Gasteiger charge is 2.06. The summed E-state index contributed by atoms with van der Waals surface area (Å²) in [7, 11) is 0. The van der Waals surface area contributed by atoms with Gasteiger partial charge in [0.1, 0.15) is 0 Å². The number of hydrogen-bond donors (Lipinski definition) is 2. The molecule has 0 atom stereocenters. The normalized spacial score (nSPS) is 10.2. The summed E-state index contributed by atoms with van der Waals surface area (Å²) in [6.07, 6.45) is 3.58. The van der Waals surface area contributed by atoms with E-state index in [-0.39, 0.29) is 6.42 Å². The quantitative estimate of drug-likeness (QED) is 0.863. The van der Waals surface area contributed by atoms with E-state index in [2.05, 4.69) is 10.3 Å². The molecule has 0 saturated heterocycles. The van der Waals surface area contributed by atoms with Crippen LogP contribution in [0.2, 0.25) is 0 Å². The lowest BCUT2D eigenvalue weighted by Gasteiger charge is -2.11. The van der Waals surface area contributed by atoms with Crippen molar-refractivity contribution < 1.29 is 9.90 Å². The van der Waals surface area contributed by atoms with Crippen LogP contribution in [-0.2, 0) is 17.8 Å². The highest BCUT2D eigenvalue weighted by molar-refractivity contribution is 5.70. The molecular formula is C15H16N2O2. The minimum Gasteiger partial charge on any atom is -0.481 e. The molecule has 1 aromatic heterocycles. The zero-order valence-corrected chi connectivity index (χ0v) is 10.8. The number of aliphatic carboxylic acids is 1. The van der Waals surface area contributed by atoms with Gasteiger partial charge in [0.25, 0.3) is 0 Å². The first kappa shape index (κ1) is 13.1. The van der Waals surface area contributed by atoms with Crippen LogP contribution in [0.4, 0.5) is 5.69 Å². The summed E-state index contributed by atoms with van der Waals surface area (Å²) < 4.78 is 0. The summed E-state index contributed by atoms with van der Waals surface area (Å²) in [6.45, 7) is 2.59. The molecule has 4 heteroatoms. The number of rotatable bonds is 5. The minimum atomic E-state index is -0.812. The Morgan fingerprint density at radius 1 is 1.26 bits per heavy atom. The standard InChI is InChI=1S/C15H16N2O2/c1-11-9-16-7-6-14(11)17-10-13-5-3-2-4-12(13)8-15(18)19/h2-7,9H,8,10H2,1H3,(H,16,17)(H,18,19). The third-order valence-electron chi connectivity index (χ3n) is 2.95. The number of hydrogen-bond acceptors (Lipinski definition) is 3. The smallest absolute Gasteiger partial charge is 0.307 e. The van der Waals surface area contributed by atoms with Gasteiger partial charge in [-0.05, 0) is 29.7 Å². The first-order valence-electron chi connectivity index (χ1n) is 6.10. The lowest BCUT2D eigenvalue weighted by atomic mass is 10.0. The number of aryl methyl sites for hydroxylation is 1. The van der Waals surface area contributed by atoms with Crippen LogP contribution < -0.4 is 5.32 Å². The van der Waals surface area contributed by atoms with E-state index in [9.17, 15) is 4.79 Å². The number of pyridine rings is 1. The van der Waals surface area contributed by atoms with Crippen molar-refractivity contribution in [1.29, 1.82) is 0 Å². The van der Waals surface area contributed by atoms with Crippen LogP contribution in [0.1, 0.15) is 16.7 Å². The molecule has 98 valence electrons. The Hall–Kier alpha value is -2.36. The van der Waals surface area contributed by atoms with Crippen LogP contribution in [0.5, 0.6) is 0 Å². The number of aromatic nitrogens is 1. The molecule has 2 rings (SSSR count). The number of anilines is 1. The van der Waals surface area contributed by atoms with Gasteiger partial charge < -0.3 is 10.4 Å². The Morgan fingerprint density at radius 2 is 2.00 bits per heavy atom. The van der Waals surface area contributed by atoms with Crippen LogP contribution in [0.3, 0.4) is 0 Å². The molecule has 0 aliphatic rings. The van der Waals surface area contributed by atoms with E-state index < -0.39 is 5.97 Å². The molecule has 2 N–H and O–H groups in total. The predicted octanol–water partition coefficient (Wildman–Crippen LogP) is 2.63. The molecule has 0 unspecified atom stereocenters. The van der Waals surface area contributed by atoms with Crippen molar-refractivity contribution in [1.82, 2.24) is 4.98 Å². The van der Waals surface area contributed by atoms with E-state index in [1.807, 2.05) is 37.3 Å². The largest absolute Gasteiger partial charge is 0.481 e. The molecule has 0 bridgehead atoms. The second-order valence-electron chi connectivity index (χ2n) is 4.38. The highest BCUT2D eigenvalue weighted by atomic mass is 16.4. The van der Waals surface area contributed by atoms with Crippen LogP contribution in [0, 0.1) is 6.92 Å². The first-order valence-corrected chi connectivity index (χ1v) is 6.10. The molecule has 0 amide bonds. The first-order chi connectivity index (χ1) is 9.16. The van der Waals surface area contributed by atoms with Crippen LogP contribution in [0.15, 0.2) is 42.7 Å². The molecule has 0 aliphatic carbocycles. The van der Waals surface area contributed by atoms with Gasteiger partial charge in [0, 0.05) is 24.6 Å². The topological polar surface area (TPSA) is 62.2 Å². The number of nitrogens with one attached hydrogen (secondary N) is 1. The molecule has 0 radical (unpaired) electrons. The number of carbonyl (C=O) groups is 1. The van der Waals surface area contributed by atoms with Crippen molar-refractivity contribution in [3.8, 4) is 0 Å². The molecule has 0 saturated carbocycles. The van der Waals surface area contributed by atoms with Crippen molar-refractivity contribution in [2.24, 2.45) is 0 Å². The Bertz CT molecular complexity index is 582. The Kier molecular flexibility index (Phi) is 4.13. The second-order valence-corrected chi connectivity index (χ2v) is 4.38. The molecular weight excluding hydrogens is 240 g/mol. The predicted molar refractivity (Wildman–Crippen MR) is 74.1 cm³/mol. The number of carboxylic acids is 1. The minimum absolute atomic E-state index is 0.0488. The van der Waals surface area contributed by atoms with Gasteiger partial charge in [0.15, 0.2) is 0 Å². The van der Waals surface area contributed by atoms with Crippen molar-refractivity contribution in [2.45, 2.75) is 19.9 Å². The number of benzene rings is 1. The molecule has 19 heavy (non-hydrogen) atoms. The maximum absolute atomic E-state index is 10.8. The maximum Gasteiger partial charge on any atom is 0.307 e. The molecule has 2 aromatic rings. The van der Waals surface area contributed by atoms with Crippen molar-refractivity contribution in [3.63, 3.8) is 0 Å². The maximum atomic E-state index is 10.8. The lowest BCUT2D eigenvalue weighted by Crippen LogP contribution is -2.07. The molecule has 0 aliphatic heterocycles. The van der Waals surface area contributed by atoms with E-state index >= 15 is 0 Å². The molecule has 1 heterocycles. The van der Waals surface area contributed by atoms with Gasteiger partial charge >= 0.3 is 5.97 Å². The van der Waals surface area contributed by atoms with Gasteiger partial charge in [-0.1, -0.05) is 24.3 Å². The van der Waals surface area contributed by atoms with Crippen LogP contribution >= 0.6 is 0 Å². The Balaban J connectivity index is 2.11. The van der Waals surface area contributed by atoms with E-state index in [1.165, 1.54) is 0 Å². The third kappa shape index (κ3) is 3.55. The Morgan fingerprint density at radius 3 is 2.68 bits per heavy atom. The van der Waals surface area contributed by atoms with Gasteiger partial charge in [0.05, 0.1) is 6.42 Å². The Labute approximate surface area is 112 Å². The fourth-order valence-corrected chi connectivity index (χ4v) is 1.93. The summed E-state index contributed by atoms with van der Waals surface area (Å²) in [4.78, 5) is 14.9. The van der Waals surface area contributed by atoms with Crippen molar-refractivity contribution in [2.75, 3.05) is 5.32 Å².